The number of ether oxygens (including phenoxy) is 1. The molecule has 0 saturated carbocycles. The normalized spacial score (nSPS) is 19.1. The van der Waals surface area contributed by atoms with Crippen LogP contribution in [0.15, 0.2) is 18.2 Å². The third kappa shape index (κ3) is 5.45. The number of likely N-dealkylation sites (tertiary alicyclic amines) is 1. The Balaban J connectivity index is 1.30. The van der Waals surface area contributed by atoms with Crippen molar-refractivity contribution in [2.24, 2.45) is 0 Å². The summed E-state index contributed by atoms with van der Waals surface area (Å²) >= 11 is 0. The second kappa shape index (κ2) is 9.38. The van der Waals surface area contributed by atoms with Crippen LogP contribution in [-0.4, -0.2) is 79.6 Å². The average Bonchev–Trinajstić information content (AvgIpc) is 3.18. The van der Waals surface area contributed by atoms with Crippen LogP contribution in [0.25, 0.3) is 0 Å². The Morgan fingerprint density at radius 1 is 1.00 bits per heavy atom. The van der Waals surface area contributed by atoms with Gasteiger partial charge in [0, 0.05) is 45.8 Å². The predicted molar refractivity (Wildman–Crippen MR) is 105 cm³/mol. The SMILES string of the molecule is Cc1ccc(C)c(OCCCN2CCN(CC(=O)N3CCCC3)CC2)c1. The highest BCUT2D eigenvalue weighted by atomic mass is 16.5. The third-order valence-electron chi connectivity index (χ3n) is 5.50. The summed E-state index contributed by atoms with van der Waals surface area (Å²) in [6.07, 6.45) is 3.38. The van der Waals surface area contributed by atoms with Crippen LogP contribution in [-0.2, 0) is 4.79 Å². The number of piperazine rings is 1. The first-order valence-corrected chi connectivity index (χ1v) is 10.0. The molecule has 2 heterocycles. The molecule has 2 fully saturated rings. The van der Waals surface area contributed by atoms with Crippen LogP contribution in [0, 0.1) is 13.8 Å². The molecule has 5 heteroatoms. The summed E-state index contributed by atoms with van der Waals surface area (Å²) < 4.78 is 5.95. The lowest BCUT2D eigenvalue weighted by Crippen LogP contribution is -2.50. The molecular weight excluding hydrogens is 326 g/mol. The standard InChI is InChI=1S/C21H33N3O2/c1-18-6-7-19(2)20(16-18)26-15-5-8-22-11-13-23(14-12-22)17-21(25)24-9-3-4-10-24/h6-7,16H,3-5,8-15,17H2,1-2H3. The lowest BCUT2D eigenvalue weighted by atomic mass is 10.1. The van der Waals surface area contributed by atoms with Gasteiger partial charge in [0.2, 0.25) is 5.91 Å². The third-order valence-corrected chi connectivity index (χ3v) is 5.50. The van der Waals surface area contributed by atoms with E-state index >= 15 is 0 Å². The average molecular weight is 360 g/mol. The Morgan fingerprint density at radius 2 is 1.69 bits per heavy atom. The van der Waals surface area contributed by atoms with Gasteiger partial charge in [-0.3, -0.25) is 9.69 Å². The highest BCUT2D eigenvalue weighted by molar-refractivity contribution is 5.78. The number of benzene rings is 1. The molecule has 3 rings (SSSR count). The van der Waals surface area contributed by atoms with Crippen molar-refractivity contribution in [1.82, 2.24) is 14.7 Å². The van der Waals surface area contributed by atoms with E-state index in [0.717, 1.165) is 64.6 Å². The Morgan fingerprint density at radius 3 is 2.42 bits per heavy atom. The van der Waals surface area contributed by atoms with E-state index in [2.05, 4.69) is 41.8 Å². The van der Waals surface area contributed by atoms with Gasteiger partial charge in [-0.25, -0.2) is 0 Å². The van der Waals surface area contributed by atoms with E-state index in [0.29, 0.717) is 12.5 Å². The minimum atomic E-state index is 0.317. The molecule has 26 heavy (non-hydrogen) atoms. The van der Waals surface area contributed by atoms with Crippen molar-refractivity contribution in [1.29, 1.82) is 0 Å². The lowest BCUT2D eigenvalue weighted by Gasteiger charge is -2.35. The van der Waals surface area contributed by atoms with Crippen molar-refractivity contribution >= 4 is 5.91 Å². The summed E-state index contributed by atoms with van der Waals surface area (Å²) in [7, 11) is 0. The van der Waals surface area contributed by atoms with E-state index in [-0.39, 0.29) is 0 Å². The monoisotopic (exact) mass is 359 g/mol. The van der Waals surface area contributed by atoms with Crippen LogP contribution < -0.4 is 4.74 Å². The molecule has 1 aromatic carbocycles. The molecule has 0 unspecified atom stereocenters. The Bertz CT molecular complexity index is 591. The van der Waals surface area contributed by atoms with Crippen LogP contribution in [0.1, 0.15) is 30.4 Å². The predicted octanol–water partition coefficient (Wildman–Crippen LogP) is 2.31. The zero-order chi connectivity index (χ0) is 18.4. The molecule has 0 aromatic heterocycles. The number of hydrogen-bond donors (Lipinski definition) is 0. The molecule has 0 spiro atoms. The smallest absolute Gasteiger partial charge is 0.236 e. The van der Waals surface area contributed by atoms with Crippen LogP contribution in [0.5, 0.6) is 5.75 Å². The number of carbonyl (C=O) groups excluding carboxylic acids is 1. The van der Waals surface area contributed by atoms with Crippen molar-refractivity contribution in [3.8, 4) is 5.75 Å². The van der Waals surface area contributed by atoms with Gasteiger partial charge in [0.1, 0.15) is 5.75 Å². The maximum absolute atomic E-state index is 12.2. The van der Waals surface area contributed by atoms with Gasteiger partial charge in [0.25, 0.3) is 0 Å². The molecule has 0 atom stereocenters. The van der Waals surface area contributed by atoms with Crippen LogP contribution >= 0.6 is 0 Å². The zero-order valence-electron chi connectivity index (χ0n) is 16.4. The summed E-state index contributed by atoms with van der Waals surface area (Å²) in [5.74, 6) is 1.33. The number of carbonyl (C=O) groups is 1. The van der Waals surface area contributed by atoms with Gasteiger partial charge in [-0.1, -0.05) is 12.1 Å². The maximum atomic E-state index is 12.2. The van der Waals surface area contributed by atoms with Crippen molar-refractivity contribution < 1.29 is 9.53 Å². The van der Waals surface area contributed by atoms with Crippen LogP contribution in [0.3, 0.4) is 0 Å². The topological polar surface area (TPSA) is 36.0 Å². The largest absolute Gasteiger partial charge is 0.493 e. The first-order chi connectivity index (χ1) is 12.6. The molecule has 144 valence electrons. The van der Waals surface area contributed by atoms with Gasteiger partial charge in [-0.05, 0) is 50.3 Å². The highest BCUT2D eigenvalue weighted by Crippen LogP contribution is 2.19. The van der Waals surface area contributed by atoms with Gasteiger partial charge >= 0.3 is 0 Å². The highest BCUT2D eigenvalue weighted by Gasteiger charge is 2.23. The number of aryl methyl sites for hydroxylation is 2. The fraction of sp³-hybridized carbons (Fsp3) is 0.667. The van der Waals surface area contributed by atoms with E-state index in [4.69, 9.17) is 4.74 Å². The van der Waals surface area contributed by atoms with E-state index in [1.807, 2.05) is 4.90 Å². The second-order valence-electron chi connectivity index (χ2n) is 7.68. The second-order valence-corrected chi connectivity index (χ2v) is 7.68. The summed E-state index contributed by atoms with van der Waals surface area (Å²) in [4.78, 5) is 19.1. The number of rotatable bonds is 7. The molecule has 0 N–H and O–H groups in total. The Labute approximate surface area is 157 Å². The van der Waals surface area contributed by atoms with Gasteiger partial charge < -0.3 is 14.5 Å². The molecule has 0 radical (unpaired) electrons. The summed E-state index contributed by atoms with van der Waals surface area (Å²) in [5, 5.41) is 0. The molecule has 2 aliphatic heterocycles. The van der Waals surface area contributed by atoms with Gasteiger partial charge in [-0.2, -0.15) is 0 Å². The van der Waals surface area contributed by atoms with E-state index in [1.165, 1.54) is 24.0 Å². The van der Waals surface area contributed by atoms with E-state index in [1.54, 1.807) is 0 Å². The lowest BCUT2D eigenvalue weighted by molar-refractivity contribution is -0.131. The van der Waals surface area contributed by atoms with Crippen molar-refractivity contribution in [2.45, 2.75) is 33.1 Å². The summed E-state index contributed by atoms with van der Waals surface area (Å²) in [6.45, 7) is 12.6. The summed E-state index contributed by atoms with van der Waals surface area (Å²) in [6, 6.07) is 6.36. The molecular formula is C21H33N3O2. The molecule has 0 bridgehead atoms. The first-order valence-electron chi connectivity index (χ1n) is 10.0. The van der Waals surface area contributed by atoms with Crippen LogP contribution in [0.4, 0.5) is 0 Å². The zero-order valence-corrected chi connectivity index (χ0v) is 16.4. The molecule has 2 aliphatic rings. The first kappa shape index (κ1) is 19.2. The maximum Gasteiger partial charge on any atom is 0.236 e. The number of hydrogen-bond acceptors (Lipinski definition) is 4. The minimum Gasteiger partial charge on any atom is -0.493 e. The molecule has 1 aromatic rings. The van der Waals surface area contributed by atoms with Crippen molar-refractivity contribution in [3.63, 3.8) is 0 Å². The molecule has 5 nitrogen and oxygen atoms in total. The Kier molecular flexibility index (Phi) is 6.92. The van der Waals surface area contributed by atoms with E-state index < -0.39 is 0 Å². The molecule has 0 aliphatic carbocycles. The van der Waals surface area contributed by atoms with E-state index in [9.17, 15) is 4.79 Å². The summed E-state index contributed by atoms with van der Waals surface area (Å²) in [5.41, 5.74) is 2.44. The Hall–Kier alpha value is -1.59. The van der Waals surface area contributed by atoms with Gasteiger partial charge in [0.15, 0.2) is 0 Å². The number of amides is 1. The fourth-order valence-electron chi connectivity index (χ4n) is 3.76. The number of nitrogens with zero attached hydrogens (tertiary/aromatic N) is 3. The minimum absolute atomic E-state index is 0.317. The van der Waals surface area contributed by atoms with Crippen molar-refractivity contribution in [3.05, 3.63) is 29.3 Å². The fourth-order valence-corrected chi connectivity index (χ4v) is 3.76. The van der Waals surface area contributed by atoms with Gasteiger partial charge in [-0.15, -0.1) is 0 Å². The van der Waals surface area contributed by atoms with Crippen LogP contribution in [0.2, 0.25) is 0 Å². The quantitative estimate of drug-likeness (QED) is 0.700. The van der Waals surface area contributed by atoms with Gasteiger partial charge in [0.05, 0.1) is 13.2 Å². The van der Waals surface area contributed by atoms with Crippen molar-refractivity contribution in [2.75, 3.05) is 59.0 Å². The molecule has 2 saturated heterocycles. The molecule has 1 amide bonds.